The lowest BCUT2D eigenvalue weighted by atomic mass is 10.1. The number of aryl methyl sites for hydroxylation is 1. The number of non-ortho nitro benzene ring substituents is 1. The first-order valence-electron chi connectivity index (χ1n) is 6.35. The molecule has 2 aromatic rings. The van der Waals surface area contributed by atoms with Crippen LogP contribution in [0, 0.1) is 17.0 Å². The topological polar surface area (TPSA) is 98.3 Å². The highest BCUT2D eigenvalue weighted by Crippen LogP contribution is 2.15. The van der Waals surface area contributed by atoms with Gasteiger partial charge in [0.1, 0.15) is 0 Å². The first kappa shape index (κ1) is 14.5. The van der Waals surface area contributed by atoms with Crippen LogP contribution in [0.15, 0.2) is 42.5 Å². The molecule has 0 spiro atoms. The Hall–Kier alpha value is -2.89. The van der Waals surface area contributed by atoms with Crippen molar-refractivity contribution >= 4 is 17.3 Å². The van der Waals surface area contributed by atoms with Crippen LogP contribution in [0.25, 0.3) is 0 Å². The molecule has 0 saturated carbocycles. The lowest BCUT2D eigenvalue weighted by Crippen LogP contribution is -2.23. The van der Waals surface area contributed by atoms with E-state index in [9.17, 15) is 14.9 Å². The highest BCUT2D eigenvalue weighted by Gasteiger charge is 2.10. The Morgan fingerprint density at radius 1 is 1.29 bits per heavy atom. The number of carbonyl (C=O) groups excluding carboxylic acids is 1. The quantitative estimate of drug-likeness (QED) is 0.512. The summed E-state index contributed by atoms with van der Waals surface area (Å²) in [7, 11) is 0. The molecule has 0 aromatic heterocycles. The number of benzene rings is 2. The van der Waals surface area contributed by atoms with E-state index < -0.39 is 4.92 Å². The number of nitro groups is 1. The van der Waals surface area contributed by atoms with Crippen LogP contribution >= 0.6 is 0 Å². The van der Waals surface area contributed by atoms with Crippen LogP contribution < -0.4 is 11.1 Å². The average Bonchev–Trinajstić information content (AvgIpc) is 2.45. The van der Waals surface area contributed by atoms with Crippen molar-refractivity contribution in [3.8, 4) is 0 Å². The van der Waals surface area contributed by atoms with E-state index in [-0.39, 0.29) is 18.1 Å². The maximum atomic E-state index is 12.0. The van der Waals surface area contributed by atoms with Gasteiger partial charge in [-0.15, -0.1) is 0 Å². The number of anilines is 1. The molecule has 0 heterocycles. The Labute approximate surface area is 121 Å². The van der Waals surface area contributed by atoms with Gasteiger partial charge in [-0.2, -0.15) is 0 Å². The van der Waals surface area contributed by atoms with E-state index in [1.54, 1.807) is 30.3 Å². The summed E-state index contributed by atoms with van der Waals surface area (Å²) in [5.41, 5.74) is 8.24. The molecule has 0 aliphatic heterocycles. The van der Waals surface area contributed by atoms with Gasteiger partial charge in [-0.3, -0.25) is 14.9 Å². The first-order chi connectivity index (χ1) is 9.97. The fourth-order valence-electron chi connectivity index (χ4n) is 1.95. The maximum Gasteiger partial charge on any atom is 0.269 e. The molecule has 0 bridgehead atoms. The van der Waals surface area contributed by atoms with Gasteiger partial charge >= 0.3 is 0 Å². The largest absolute Gasteiger partial charge is 0.398 e. The monoisotopic (exact) mass is 285 g/mol. The van der Waals surface area contributed by atoms with Crippen LogP contribution in [-0.4, -0.2) is 10.8 Å². The SMILES string of the molecule is Cc1ccc(C(=O)NCc2cccc([N+](=O)[O-])c2)c(N)c1. The molecule has 3 N–H and O–H groups in total. The predicted molar refractivity (Wildman–Crippen MR) is 79.9 cm³/mol. The van der Waals surface area contributed by atoms with E-state index in [2.05, 4.69) is 5.32 Å². The Balaban J connectivity index is 2.07. The number of amides is 1. The summed E-state index contributed by atoms with van der Waals surface area (Å²) < 4.78 is 0. The molecule has 0 saturated heterocycles. The van der Waals surface area contributed by atoms with Crippen molar-refractivity contribution in [3.05, 3.63) is 69.3 Å². The Morgan fingerprint density at radius 3 is 2.71 bits per heavy atom. The van der Waals surface area contributed by atoms with Crippen molar-refractivity contribution in [3.63, 3.8) is 0 Å². The molecule has 2 aromatic carbocycles. The summed E-state index contributed by atoms with van der Waals surface area (Å²) in [5, 5.41) is 13.4. The van der Waals surface area contributed by atoms with E-state index in [4.69, 9.17) is 5.73 Å². The number of nitrogens with zero attached hydrogens (tertiary/aromatic N) is 1. The number of carbonyl (C=O) groups is 1. The predicted octanol–water partition coefficient (Wildman–Crippen LogP) is 2.42. The number of nitrogens with two attached hydrogens (primary N) is 1. The van der Waals surface area contributed by atoms with E-state index in [0.29, 0.717) is 16.8 Å². The van der Waals surface area contributed by atoms with Gasteiger partial charge < -0.3 is 11.1 Å². The molecule has 6 nitrogen and oxygen atoms in total. The van der Waals surface area contributed by atoms with Crippen LogP contribution in [0.5, 0.6) is 0 Å². The summed E-state index contributed by atoms with van der Waals surface area (Å²) in [6.45, 7) is 2.09. The standard InChI is InChI=1S/C15H15N3O3/c1-10-5-6-13(14(16)7-10)15(19)17-9-11-3-2-4-12(8-11)18(20)21/h2-8H,9,16H2,1H3,(H,17,19). The van der Waals surface area contributed by atoms with Gasteiger partial charge in [0.15, 0.2) is 0 Å². The lowest BCUT2D eigenvalue weighted by molar-refractivity contribution is -0.384. The van der Waals surface area contributed by atoms with Crippen molar-refractivity contribution in [2.24, 2.45) is 0 Å². The van der Waals surface area contributed by atoms with Gasteiger partial charge in [0, 0.05) is 24.4 Å². The van der Waals surface area contributed by atoms with E-state index in [1.807, 2.05) is 6.92 Å². The summed E-state index contributed by atoms with van der Waals surface area (Å²) >= 11 is 0. The zero-order valence-corrected chi connectivity index (χ0v) is 11.5. The molecule has 6 heteroatoms. The third kappa shape index (κ3) is 3.56. The van der Waals surface area contributed by atoms with Crippen molar-refractivity contribution in [2.75, 3.05) is 5.73 Å². The molecule has 0 fully saturated rings. The van der Waals surface area contributed by atoms with Gasteiger partial charge in [0.05, 0.1) is 10.5 Å². The second-order valence-corrected chi connectivity index (χ2v) is 4.70. The summed E-state index contributed by atoms with van der Waals surface area (Å²) in [6, 6.07) is 11.3. The van der Waals surface area contributed by atoms with E-state index in [0.717, 1.165) is 5.56 Å². The Kier molecular flexibility index (Phi) is 4.18. The molecule has 0 unspecified atom stereocenters. The first-order valence-corrected chi connectivity index (χ1v) is 6.35. The average molecular weight is 285 g/mol. The summed E-state index contributed by atoms with van der Waals surface area (Å²) in [6.07, 6.45) is 0. The molecule has 108 valence electrons. The summed E-state index contributed by atoms with van der Waals surface area (Å²) in [4.78, 5) is 22.3. The molecule has 1 amide bonds. The Bertz CT molecular complexity index is 698. The molecule has 0 aliphatic rings. The third-order valence-electron chi connectivity index (χ3n) is 3.03. The minimum absolute atomic E-state index is 0.00315. The second-order valence-electron chi connectivity index (χ2n) is 4.70. The van der Waals surface area contributed by atoms with E-state index in [1.165, 1.54) is 12.1 Å². The van der Waals surface area contributed by atoms with Crippen LogP contribution in [0.2, 0.25) is 0 Å². The van der Waals surface area contributed by atoms with Crippen molar-refractivity contribution < 1.29 is 9.72 Å². The van der Waals surface area contributed by atoms with Gasteiger partial charge in [0.25, 0.3) is 11.6 Å². The number of rotatable bonds is 4. The van der Waals surface area contributed by atoms with Crippen LogP contribution in [0.1, 0.15) is 21.5 Å². The molecule has 2 rings (SSSR count). The lowest BCUT2D eigenvalue weighted by Gasteiger charge is -2.08. The minimum Gasteiger partial charge on any atom is -0.398 e. The molecule has 21 heavy (non-hydrogen) atoms. The van der Waals surface area contributed by atoms with Crippen molar-refractivity contribution in [2.45, 2.75) is 13.5 Å². The maximum absolute atomic E-state index is 12.0. The highest BCUT2D eigenvalue weighted by molar-refractivity contribution is 5.99. The molecule has 0 atom stereocenters. The van der Waals surface area contributed by atoms with Crippen molar-refractivity contribution in [1.82, 2.24) is 5.32 Å². The number of nitrogen functional groups attached to an aromatic ring is 1. The van der Waals surface area contributed by atoms with Crippen LogP contribution in [0.3, 0.4) is 0 Å². The van der Waals surface area contributed by atoms with Gasteiger partial charge in [-0.05, 0) is 30.2 Å². The fourth-order valence-corrected chi connectivity index (χ4v) is 1.95. The Morgan fingerprint density at radius 2 is 2.05 bits per heavy atom. The molecular weight excluding hydrogens is 270 g/mol. The van der Waals surface area contributed by atoms with Crippen LogP contribution in [0.4, 0.5) is 11.4 Å². The van der Waals surface area contributed by atoms with Gasteiger partial charge in [-0.1, -0.05) is 18.2 Å². The minimum atomic E-state index is -0.469. The van der Waals surface area contributed by atoms with Gasteiger partial charge in [0.2, 0.25) is 0 Å². The number of hydrogen-bond donors (Lipinski definition) is 2. The molecule has 0 aliphatic carbocycles. The highest BCUT2D eigenvalue weighted by atomic mass is 16.6. The summed E-state index contributed by atoms with van der Waals surface area (Å²) in [5.74, 6) is -0.306. The fraction of sp³-hybridized carbons (Fsp3) is 0.133. The number of nitro benzene ring substituents is 1. The van der Waals surface area contributed by atoms with E-state index >= 15 is 0 Å². The zero-order chi connectivity index (χ0) is 15.4. The second kappa shape index (κ2) is 6.04. The smallest absolute Gasteiger partial charge is 0.269 e. The van der Waals surface area contributed by atoms with Crippen LogP contribution in [-0.2, 0) is 6.54 Å². The number of hydrogen-bond acceptors (Lipinski definition) is 4. The normalized spacial score (nSPS) is 10.1. The third-order valence-corrected chi connectivity index (χ3v) is 3.03. The molecule has 0 radical (unpaired) electrons. The van der Waals surface area contributed by atoms with Crippen molar-refractivity contribution in [1.29, 1.82) is 0 Å². The molecular formula is C15H15N3O3. The van der Waals surface area contributed by atoms with Gasteiger partial charge in [-0.25, -0.2) is 0 Å². The number of nitrogens with one attached hydrogen (secondary N) is 1. The zero-order valence-electron chi connectivity index (χ0n) is 11.5.